The second-order valence-corrected chi connectivity index (χ2v) is 6.47. The Hall–Kier alpha value is -0.380. The van der Waals surface area contributed by atoms with E-state index in [1.165, 1.54) is 45.3 Å². The number of hydrogen-bond donors (Lipinski definition) is 0. The quantitative estimate of drug-likeness (QED) is 0.551. The first-order chi connectivity index (χ1) is 9.70. The molecule has 2 atom stereocenters. The molecule has 1 heterocycles. The maximum absolute atomic E-state index is 5.84. The molecule has 1 aliphatic carbocycles. The summed E-state index contributed by atoms with van der Waals surface area (Å²) in [6.07, 6.45) is 7.88. The van der Waals surface area contributed by atoms with Crippen LogP contribution in [0.5, 0.6) is 0 Å². The van der Waals surface area contributed by atoms with Gasteiger partial charge in [-0.1, -0.05) is 18.6 Å². The first kappa shape index (κ1) is 16.0. The van der Waals surface area contributed by atoms with Gasteiger partial charge in [0.1, 0.15) is 0 Å². The van der Waals surface area contributed by atoms with Crippen molar-refractivity contribution in [3.05, 3.63) is 11.6 Å². The van der Waals surface area contributed by atoms with Crippen LogP contribution in [0.4, 0.5) is 0 Å². The molecule has 0 saturated carbocycles. The van der Waals surface area contributed by atoms with E-state index in [1.54, 1.807) is 12.7 Å². The molecule has 0 spiro atoms. The molecule has 2 aliphatic rings. The third-order valence-electron chi connectivity index (χ3n) is 4.99. The molecule has 3 heteroatoms. The zero-order valence-corrected chi connectivity index (χ0v) is 13.4. The Morgan fingerprint density at radius 1 is 1.20 bits per heavy atom. The maximum atomic E-state index is 5.84. The fraction of sp³-hybridized carbons (Fsp3) is 0.882. The van der Waals surface area contributed by atoms with Gasteiger partial charge in [-0.2, -0.15) is 0 Å². The van der Waals surface area contributed by atoms with Crippen LogP contribution in [-0.4, -0.2) is 51.0 Å². The van der Waals surface area contributed by atoms with Gasteiger partial charge in [-0.3, -0.25) is 0 Å². The van der Waals surface area contributed by atoms with E-state index in [-0.39, 0.29) is 0 Å². The van der Waals surface area contributed by atoms with Gasteiger partial charge >= 0.3 is 0 Å². The third kappa shape index (κ3) is 4.57. The van der Waals surface area contributed by atoms with Gasteiger partial charge < -0.3 is 14.4 Å². The zero-order valence-electron chi connectivity index (χ0n) is 13.4. The van der Waals surface area contributed by atoms with Crippen molar-refractivity contribution in [2.75, 3.05) is 40.0 Å². The van der Waals surface area contributed by atoms with E-state index in [0.717, 1.165) is 18.4 Å². The van der Waals surface area contributed by atoms with Gasteiger partial charge in [0, 0.05) is 26.7 Å². The van der Waals surface area contributed by atoms with E-state index >= 15 is 0 Å². The molecule has 0 radical (unpaired) electrons. The predicted octanol–water partition coefficient (Wildman–Crippen LogP) is 3.11. The van der Waals surface area contributed by atoms with E-state index < -0.39 is 0 Å². The van der Waals surface area contributed by atoms with Crippen molar-refractivity contribution >= 4 is 0 Å². The smallest absolute Gasteiger partial charge is 0.0704 e. The number of rotatable bonds is 6. The fourth-order valence-electron chi connectivity index (χ4n) is 3.53. The molecule has 0 aromatic carbocycles. The Morgan fingerprint density at radius 3 is 2.60 bits per heavy atom. The van der Waals surface area contributed by atoms with Gasteiger partial charge in [0.2, 0.25) is 0 Å². The van der Waals surface area contributed by atoms with Crippen molar-refractivity contribution in [2.24, 2.45) is 11.8 Å². The fourth-order valence-corrected chi connectivity index (χ4v) is 3.53. The summed E-state index contributed by atoms with van der Waals surface area (Å²) in [6, 6.07) is 0. The van der Waals surface area contributed by atoms with E-state index in [2.05, 4.69) is 24.8 Å². The molecule has 2 rings (SSSR count). The monoisotopic (exact) mass is 281 g/mol. The van der Waals surface area contributed by atoms with E-state index in [1.807, 2.05) is 0 Å². The zero-order chi connectivity index (χ0) is 14.4. The summed E-state index contributed by atoms with van der Waals surface area (Å²) < 4.78 is 10.9. The minimum Gasteiger partial charge on any atom is -0.382 e. The largest absolute Gasteiger partial charge is 0.382 e. The van der Waals surface area contributed by atoms with Crippen molar-refractivity contribution < 1.29 is 9.47 Å². The van der Waals surface area contributed by atoms with E-state index in [9.17, 15) is 0 Å². The molecule has 20 heavy (non-hydrogen) atoms. The van der Waals surface area contributed by atoms with Crippen LogP contribution < -0.4 is 0 Å². The Balaban J connectivity index is 1.71. The summed E-state index contributed by atoms with van der Waals surface area (Å²) in [5.41, 5.74) is 1.61. The highest BCUT2D eigenvalue weighted by molar-refractivity contribution is 5.09. The number of methoxy groups -OCH3 is 1. The second kappa shape index (κ2) is 8.16. The number of allylic oxidation sites excluding steroid dienone is 1. The average Bonchev–Trinajstić information content (AvgIpc) is 2.45. The lowest BCUT2D eigenvalue weighted by molar-refractivity contribution is -0.0170. The van der Waals surface area contributed by atoms with Crippen LogP contribution in [0, 0.1) is 11.8 Å². The Kier molecular flexibility index (Phi) is 6.53. The van der Waals surface area contributed by atoms with Crippen LogP contribution in [0.15, 0.2) is 11.6 Å². The highest BCUT2D eigenvalue weighted by Gasteiger charge is 2.27. The van der Waals surface area contributed by atoms with Crippen molar-refractivity contribution in [2.45, 2.75) is 45.6 Å². The standard InChI is InChI=1S/C17H31NO2/c1-14-5-4-6-15(2)17(14)13-18-9-7-16(8-10-18)20-12-11-19-3/h5,15-17H,4,6-13H2,1-3H3/t15-,17+/m0/s1. The second-order valence-electron chi connectivity index (χ2n) is 6.47. The molecule has 0 bridgehead atoms. The Bertz CT molecular complexity index is 308. The molecule has 116 valence electrons. The van der Waals surface area contributed by atoms with Gasteiger partial charge in [-0.05, 0) is 44.4 Å². The summed E-state index contributed by atoms with van der Waals surface area (Å²) in [5.74, 6) is 1.62. The average molecular weight is 281 g/mol. The highest BCUT2D eigenvalue weighted by atomic mass is 16.5. The van der Waals surface area contributed by atoms with Crippen molar-refractivity contribution in [3.8, 4) is 0 Å². The summed E-state index contributed by atoms with van der Waals surface area (Å²) in [6.45, 7) is 9.81. The molecule has 1 aliphatic heterocycles. The number of likely N-dealkylation sites (tertiary alicyclic amines) is 1. The molecule has 0 aromatic rings. The lowest BCUT2D eigenvalue weighted by Crippen LogP contribution is -2.41. The number of piperidine rings is 1. The first-order valence-electron chi connectivity index (χ1n) is 8.20. The van der Waals surface area contributed by atoms with Gasteiger partial charge in [0.05, 0.1) is 19.3 Å². The maximum Gasteiger partial charge on any atom is 0.0704 e. The first-order valence-corrected chi connectivity index (χ1v) is 8.20. The lowest BCUT2D eigenvalue weighted by Gasteiger charge is -2.37. The van der Waals surface area contributed by atoms with Crippen LogP contribution in [0.2, 0.25) is 0 Å². The summed E-state index contributed by atoms with van der Waals surface area (Å²) >= 11 is 0. The molecule has 1 saturated heterocycles. The highest BCUT2D eigenvalue weighted by Crippen LogP contribution is 2.31. The number of ether oxygens (including phenoxy) is 2. The summed E-state index contributed by atoms with van der Waals surface area (Å²) in [7, 11) is 1.73. The predicted molar refractivity (Wildman–Crippen MR) is 82.9 cm³/mol. The molecule has 3 nitrogen and oxygen atoms in total. The van der Waals surface area contributed by atoms with Gasteiger partial charge in [0.15, 0.2) is 0 Å². The molecule has 0 unspecified atom stereocenters. The SMILES string of the molecule is COCCOC1CCN(C[C@@H]2C(C)=CCC[C@@H]2C)CC1. The number of nitrogens with zero attached hydrogens (tertiary/aromatic N) is 1. The molecular weight excluding hydrogens is 250 g/mol. The van der Waals surface area contributed by atoms with E-state index in [4.69, 9.17) is 9.47 Å². The van der Waals surface area contributed by atoms with Crippen molar-refractivity contribution in [3.63, 3.8) is 0 Å². The molecule has 0 N–H and O–H groups in total. The summed E-state index contributed by atoms with van der Waals surface area (Å²) in [4.78, 5) is 2.64. The summed E-state index contributed by atoms with van der Waals surface area (Å²) in [5, 5.41) is 0. The topological polar surface area (TPSA) is 21.7 Å². The van der Waals surface area contributed by atoms with Crippen LogP contribution in [-0.2, 0) is 9.47 Å². The Labute approximate surface area is 124 Å². The normalized spacial score (nSPS) is 29.4. The molecule has 1 fully saturated rings. The lowest BCUT2D eigenvalue weighted by atomic mass is 9.79. The molecule has 0 amide bonds. The van der Waals surface area contributed by atoms with Gasteiger partial charge in [-0.15, -0.1) is 0 Å². The minimum absolute atomic E-state index is 0.446. The van der Waals surface area contributed by atoms with Crippen molar-refractivity contribution in [1.29, 1.82) is 0 Å². The van der Waals surface area contributed by atoms with Crippen LogP contribution >= 0.6 is 0 Å². The van der Waals surface area contributed by atoms with Gasteiger partial charge in [-0.25, -0.2) is 0 Å². The number of hydrogen-bond acceptors (Lipinski definition) is 3. The minimum atomic E-state index is 0.446. The third-order valence-corrected chi connectivity index (χ3v) is 4.99. The van der Waals surface area contributed by atoms with Crippen molar-refractivity contribution in [1.82, 2.24) is 4.90 Å². The van der Waals surface area contributed by atoms with Gasteiger partial charge in [0.25, 0.3) is 0 Å². The molecule has 0 aromatic heterocycles. The van der Waals surface area contributed by atoms with Crippen LogP contribution in [0.25, 0.3) is 0 Å². The van der Waals surface area contributed by atoms with Crippen LogP contribution in [0.3, 0.4) is 0 Å². The molecular formula is C17H31NO2. The Morgan fingerprint density at radius 2 is 1.95 bits per heavy atom. The van der Waals surface area contributed by atoms with Crippen LogP contribution in [0.1, 0.15) is 39.5 Å². The van der Waals surface area contributed by atoms with E-state index in [0.29, 0.717) is 12.7 Å².